The molecule has 32 heavy (non-hydrogen) atoms. The van der Waals surface area contributed by atoms with Crippen molar-refractivity contribution in [1.29, 1.82) is 0 Å². The second-order valence-corrected chi connectivity index (χ2v) is 12.1. The van der Waals surface area contributed by atoms with Crippen molar-refractivity contribution in [1.82, 2.24) is 4.98 Å². The van der Waals surface area contributed by atoms with Crippen LogP contribution < -0.4 is 0 Å². The topological polar surface area (TPSA) is 47.0 Å². The number of aromatic nitrogens is 1. The number of hydrogen-bond acceptors (Lipinski definition) is 5. The van der Waals surface area contributed by atoms with Crippen molar-refractivity contribution in [3.63, 3.8) is 0 Å². The van der Waals surface area contributed by atoms with Gasteiger partial charge in [0.25, 0.3) is 0 Å². The van der Waals surface area contributed by atoms with Gasteiger partial charge in [-0.3, -0.25) is 0 Å². The SMILES string of the molecule is CS(=O)(=O)c1ccccc1-c1nc(SCc2cc(Cl)cc(Cl)c2)sc1-c1ccc(F)cc1. The van der Waals surface area contributed by atoms with Gasteiger partial charge in [0.05, 0.1) is 15.5 Å². The van der Waals surface area contributed by atoms with Crippen LogP contribution >= 0.6 is 46.3 Å². The molecule has 164 valence electrons. The molecule has 0 saturated carbocycles. The molecule has 3 aromatic carbocycles. The third-order valence-electron chi connectivity index (χ3n) is 4.54. The van der Waals surface area contributed by atoms with E-state index in [1.807, 2.05) is 12.1 Å². The summed E-state index contributed by atoms with van der Waals surface area (Å²) in [7, 11) is -3.47. The standard InChI is InChI=1S/C23H16Cl2FNO2S3/c1-32(28,29)20-5-3-2-4-19(20)21-22(15-6-8-18(26)9-7-15)31-23(27-21)30-13-14-10-16(24)12-17(25)11-14/h2-12H,13H2,1H3. The first-order valence-corrected chi connectivity index (χ1v) is 13.8. The first-order chi connectivity index (χ1) is 15.2. The van der Waals surface area contributed by atoms with Crippen LogP contribution in [-0.2, 0) is 15.6 Å². The Labute approximate surface area is 204 Å². The van der Waals surface area contributed by atoms with Gasteiger partial charge in [-0.1, -0.05) is 65.3 Å². The van der Waals surface area contributed by atoms with Crippen LogP contribution in [0.3, 0.4) is 0 Å². The van der Waals surface area contributed by atoms with E-state index in [1.54, 1.807) is 42.5 Å². The van der Waals surface area contributed by atoms with Gasteiger partial charge in [0.2, 0.25) is 0 Å². The zero-order chi connectivity index (χ0) is 22.9. The van der Waals surface area contributed by atoms with Crippen LogP contribution in [-0.4, -0.2) is 19.7 Å². The molecule has 0 fully saturated rings. The lowest BCUT2D eigenvalue weighted by molar-refractivity contribution is 0.602. The monoisotopic (exact) mass is 523 g/mol. The molecule has 0 bridgehead atoms. The summed E-state index contributed by atoms with van der Waals surface area (Å²) in [5.74, 6) is 0.243. The minimum atomic E-state index is -3.47. The fraction of sp³-hybridized carbons (Fsp3) is 0.0870. The van der Waals surface area contributed by atoms with E-state index in [2.05, 4.69) is 0 Å². The van der Waals surface area contributed by atoms with Gasteiger partial charge in [0.15, 0.2) is 14.2 Å². The van der Waals surface area contributed by atoms with E-state index in [0.717, 1.165) is 20.3 Å². The lowest BCUT2D eigenvalue weighted by atomic mass is 10.1. The second-order valence-electron chi connectivity index (χ2n) is 7.00. The normalized spacial score (nSPS) is 11.6. The van der Waals surface area contributed by atoms with E-state index in [-0.39, 0.29) is 10.7 Å². The Morgan fingerprint density at radius 2 is 1.66 bits per heavy atom. The Bertz CT molecular complexity index is 1370. The number of thioether (sulfide) groups is 1. The second kappa shape index (κ2) is 9.53. The Morgan fingerprint density at radius 3 is 2.31 bits per heavy atom. The largest absolute Gasteiger partial charge is 0.229 e. The van der Waals surface area contributed by atoms with Gasteiger partial charge in [-0.2, -0.15) is 0 Å². The summed E-state index contributed by atoms with van der Waals surface area (Å²) < 4.78 is 39.1. The predicted molar refractivity (Wildman–Crippen MR) is 132 cm³/mol. The maximum atomic E-state index is 13.5. The number of halogens is 3. The van der Waals surface area contributed by atoms with Crippen LogP contribution in [0.2, 0.25) is 10.0 Å². The van der Waals surface area contributed by atoms with Crippen LogP contribution in [0.5, 0.6) is 0 Å². The van der Waals surface area contributed by atoms with Gasteiger partial charge < -0.3 is 0 Å². The van der Waals surface area contributed by atoms with Crippen molar-refractivity contribution in [2.24, 2.45) is 0 Å². The number of nitrogens with zero attached hydrogens (tertiary/aromatic N) is 1. The maximum Gasteiger partial charge on any atom is 0.176 e. The summed E-state index contributed by atoms with van der Waals surface area (Å²) in [6.45, 7) is 0. The van der Waals surface area contributed by atoms with Gasteiger partial charge >= 0.3 is 0 Å². The maximum absolute atomic E-state index is 13.5. The van der Waals surface area contributed by atoms with Crippen molar-refractivity contribution in [3.05, 3.63) is 88.2 Å². The lowest BCUT2D eigenvalue weighted by Crippen LogP contribution is -2.00. The first kappa shape index (κ1) is 23.3. The molecule has 3 nitrogen and oxygen atoms in total. The number of thiazole rings is 1. The molecule has 0 atom stereocenters. The molecule has 0 aliphatic rings. The first-order valence-electron chi connectivity index (χ1n) is 9.35. The molecule has 4 rings (SSSR count). The number of sulfone groups is 1. The highest BCUT2D eigenvalue weighted by Gasteiger charge is 2.21. The highest BCUT2D eigenvalue weighted by atomic mass is 35.5. The van der Waals surface area contributed by atoms with E-state index in [1.165, 1.54) is 41.5 Å². The highest BCUT2D eigenvalue weighted by molar-refractivity contribution is 8.00. The Morgan fingerprint density at radius 1 is 1.00 bits per heavy atom. The molecular weight excluding hydrogens is 508 g/mol. The van der Waals surface area contributed by atoms with Gasteiger partial charge in [0, 0.05) is 27.6 Å². The number of benzene rings is 3. The summed E-state index contributed by atoms with van der Waals surface area (Å²) in [6.07, 6.45) is 1.17. The van der Waals surface area contributed by atoms with Gasteiger partial charge in [0.1, 0.15) is 5.82 Å². The molecule has 0 spiro atoms. The fourth-order valence-electron chi connectivity index (χ4n) is 3.17. The molecule has 9 heteroatoms. The minimum Gasteiger partial charge on any atom is -0.229 e. The van der Waals surface area contributed by atoms with Gasteiger partial charge in [-0.15, -0.1) is 11.3 Å². The molecule has 0 aliphatic carbocycles. The summed E-state index contributed by atoms with van der Waals surface area (Å²) in [5, 5.41) is 1.11. The van der Waals surface area contributed by atoms with Crippen LogP contribution in [0.1, 0.15) is 5.56 Å². The molecule has 0 unspecified atom stereocenters. The zero-order valence-corrected chi connectivity index (χ0v) is 20.6. The molecule has 0 aliphatic heterocycles. The molecule has 4 aromatic rings. The van der Waals surface area contributed by atoms with Crippen molar-refractivity contribution in [2.45, 2.75) is 15.0 Å². The van der Waals surface area contributed by atoms with Crippen molar-refractivity contribution < 1.29 is 12.8 Å². The molecule has 0 saturated heterocycles. The number of hydrogen-bond donors (Lipinski definition) is 0. The van der Waals surface area contributed by atoms with Crippen LogP contribution in [0, 0.1) is 5.82 Å². The Hall–Kier alpha value is -1.90. The van der Waals surface area contributed by atoms with Crippen molar-refractivity contribution in [3.8, 4) is 21.7 Å². The average molecular weight is 524 g/mol. The fourth-order valence-corrected chi connectivity index (χ4v) is 6.72. The van der Waals surface area contributed by atoms with Gasteiger partial charge in [-0.05, 0) is 47.5 Å². The Balaban J connectivity index is 1.79. The third-order valence-corrected chi connectivity index (χ3v) is 8.45. The molecule has 1 heterocycles. The van der Waals surface area contributed by atoms with Crippen molar-refractivity contribution in [2.75, 3.05) is 6.26 Å². The lowest BCUT2D eigenvalue weighted by Gasteiger charge is -2.08. The summed E-state index contributed by atoms with van der Waals surface area (Å²) in [6, 6.07) is 18.2. The minimum absolute atomic E-state index is 0.201. The summed E-state index contributed by atoms with van der Waals surface area (Å²) in [4.78, 5) is 5.74. The predicted octanol–water partition coefficient (Wildman–Crippen LogP) is 7.62. The highest BCUT2D eigenvalue weighted by Crippen LogP contribution is 2.43. The average Bonchev–Trinajstić information content (AvgIpc) is 3.16. The van der Waals surface area contributed by atoms with Crippen LogP contribution in [0.25, 0.3) is 21.7 Å². The Kier molecular flexibility index (Phi) is 6.93. The zero-order valence-electron chi connectivity index (χ0n) is 16.7. The molecule has 1 aromatic heterocycles. The summed E-state index contributed by atoms with van der Waals surface area (Å²) in [5.41, 5.74) is 2.78. The quantitative estimate of drug-likeness (QED) is 0.244. The van der Waals surface area contributed by atoms with E-state index < -0.39 is 9.84 Å². The van der Waals surface area contributed by atoms with Gasteiger partial charge in [-0.25, -0.2) is 17.8 Å². The third kappa shape index (κ3) is 5.35. The van der Waals surface area contributed by atoms with E-state index in [4.69, 9.17) is 28.2 Å². The van der Waals surface area contributed by atoms with Crippen LogP contribution in [0.15, 0.2) is 76.0 Å². The van der Waals surface area contributed by atoms with E-state index in [0.29, 0.717) is 27.1 Å². The van der Waals surface area contributed by atoms with Crippen LogP contribution in [0.4, 0.5) is 4.39 Å². The van der Waals surface area contributed by atoms with E-state index >= 15 is 0 Å². The number of rotatable bonds is 6. The molecular formula is C23H16Cl2FNO2S3. The molecule has 0 amide bonds. The summed E-state index contributed by atoms with van der Waals surface area (Å²) >= 11 is 15.1. The molecule has 0 N–H and O–H groups in total. The van der Waals surface area contributed by atoms with Crippen molar-refractivity contribution >= 4 is 56.1 Å². The smallest absolute Gasteiger partial charge is 0.176 e. The molecule has 0 radical (unpaired) electrons. The van der Waals surface area contributed by atoms with E-state index in [9.17, 15) is 12.8 Å².